The number of nitrogens with one attached hydrogen (secondary N) is 1. The predicted octanol–water partition coefficient (Wildman–Crippen LogP) is 2.38. The second-order valence-corrected chi connectivity index (χ2v) is 12.2. The molecule has 2 aliphatic rings. The molecule has 4 N–H and O–H groups in total. The van der Waals surface area contributed by atoms with Crippen LogP contribution in [-0.2, 0) is 30.7 Å². The van der Waals surface area contributed by atoms with Gasteiger partial charge in [0.15, 0.2) is 6.29 Å². The van der Waals surface area contributed by atoms with Gasteiger partial charge < -0.3 is 30.4 Å². The maximum atomic E-state index is 13.5. The van der Waals surface area contributed by atoms with Gasteiger partial charge in [-0.05, 0) is 48.6 Å². The molecule has 0 spiro atoms. The van der Waals surface area contributed by atoms with Gasteiger partial charge in [0.1, 0.15) is 6.10 Å². The van der Waals surface area contributed by atoms with Gasteiger partial charge in [-0.15, -0.1) is 0 Å². The molecule has 1 unspecified atom stereocenters. The third kappa shape index (κ3) is 7.03. The monoisotopic (exact) mass is 547 g/mol. The lowest BCUT2D eigenvalue weighted by atomic mass is 10.0. The van der Waals surface area contributed by atoms with Crippen LogP contribution in [0.5, 0.6) is 0 Å². The summed E-state index contributed by atoms with van der Waals surface area (Å²) in [4.78, 5) is 13.0. The van der Waals surface area contributed by atoms with Gasteiger partial charge in [-0.2, -0.15) is 4.31 Å². The van der Waals surface area contributed by atoms with Crippen molar-refractivity contribution >= 4 is 21.8 Å². The number of nitrogens with two attached hydrogens (primary N) is 1. The van der Waals surface area contributed by atoms with Gasteiger partial charge in [-0.25, -0.2) is 13.2 Å². The van der Waals surface area contributed by atoms with Crippen LogP contribution in [0, 0.1) is 11.8 Å². The Balaban J connectivity index is 1.51. The topological polar surface area (TPSA) is 140 Å². The maximum Gasteiger partial charge on any atom is 0.407 e. The fourth-order valence-electron chi connectivity index (χ4n) is 4.82. The molecule has 10 nitrogen and oxygen atoms in total. The minimum Gasteiger partial charge on any atom is -0.443 e. The van der Waals surface area contributed by atoms with E-state index in [0.717, 1.165) is 12.0 Å². The molecule has 0 radical (unpaired) electrons. The molecule has 2 heterocycles. The molecule has 2 aromatic carbocycles. The standard InChI is InChI=1S/C27H37N3O7S/c1-18(2)15-30(38(33,34)21-10-8-20(28)9-11-21)16-24(31)23(14-19-6-4-3-5-7-19)29-27(32)37-25-17-36-26-22(25)12-13-35-26/h3-11,18,22-26,31H,12-17,28H2,1-2H3,(H,29,32)/t22?,23-,24+,25+,26-/m1/s1. The lowest BCUT2D eigenvalue weighted by Crippen LogP contribution is -2.51. The SMILES string of the molecule is CC(C)CN(C[C@H](O)[C@@H](Cc1ccccc1)NC(=O)O[C@H]1CO[C@H]2OCCC21)S(=O)(=O)c1ccc(N)cc1. The van der Waals surface area contributed by atoms with Crippen molar-refractivity contribution in [3.05, 3.63) is 60.2 Å². The molecule has 208 valence electrons. The lowest BCUT2D eigenvalue weighted by Gasteiger charge is -2.31. The quantitative estimate of drug-likeness (QED) is 0.364. The summed E-state index contributed by atoms with van der Waals surface area (Å²) in [6.07, 6.45) is -1.69. The normalized spacial score (nSPS) is 22.8. The first-order chi connectivity index (χ1) is 18.1. The number of alkyl carbamates (subject to hydrolysis) is 1. The van der Waals surface area contributed by atoms with Crippen LogP contribution in [-0.4, -0.2) is 74.8 Å². The van der Waals surface area contributed by atoms with Crippen LogP contribution < -0.4 is 11.1 Å². The van der Waals surface area contributed by atoms with E-state index in [0.29, 0.717) is 12.3 Å². The Hall–Kier alpha value is -2.70. The van der Waals surface area contributed by atoms with Crippen molar-refractivity contribution in [1.29, 1.82) is 0 Å². The highest BCUT2D eigenvalue weighted by atomic mass is 32.2. The van der Waals surface area contributed by atoms with Crippen molar-refractivity contribution in [3.8, 4) is 0 Å². The Morgan fingerprint density at radius 1 is 1.13 bits per heavy atom. The van der Waals surface area contributed by atoms with Crippen molar-refractivity contribution in [2.75, 3.05) is 32.0 Å². The van der Waals surface area contributed by atoms with Crippen LogP contribution in [0.25, 0.3) is 0 Å². The molecule has 5 atom stereocenters. The van der Waals surface area contributed by atoms with Gasteiger partial charge in [-0.3, -0.25) is 0 Å². The predicted molar refractivity (Wildman–Crippen MR) is 142 cm³/mol. The Morgan fingerprint density at radius 2 is 1.84 bits per heavy atom. The van der Waals surface area contributed by atoms with Gasteiger partial charge in [0.2, 0.25) is 10.0 Å². The molecule has 38 heavy (non-hydrogen) atoms. The van der Waals surface area contributed by atoms with E-state index in [1.54, 1.807) is 0 Å². The molecule has 2 saturated heterocycles. The summed E-state index contributed by atoms with van der Waals surface area (Å²) in [6.45, 7) is 4.58. The van der Waals surface area contributed by atoms with E-state index in [9.17, 15) is 18.3 Å². The van der Waals surface area contributed by atoms with Crippen molar-refractivity contribution in [1.82, 2.24) is 9.62 Å². The summed E-state index contributed by atoms with van der Waals surface area (Å²) < 4.78 is 44.9. The van der Waals surface area contributed by atoms with E-state index in [1.165, 1.54) is 28.6 Å². The van der Waals surface area contributed by atoms with Crippen molar-refractivity contribution in [3.63, 3.8) is 0 Å². The van der Waals surface area contributed by atoms with Gasteiger partial charge >= 0.3 is 6.09 Å². The summed E-state index contributed by atoms with van der Waals surface area (Å²) in [7, 11) is -3.93. The van der Waals surface area contributed by atoms with Gasteiger partial charge in [0.25, 0.3) is 0 Å². The number of amides is 1. The summed E-state index contributed by atoms with van der Waals surface area (Å²) in [5.74, 6) is -0.0231. The number of nitrogens with zero attached hydrogens (tertiary/aromatic N) is 1. The zero-order chi connectivity index (χ0) is 27.3. The molecule has 0 aliphatic carbocycles. The van der Waals surface area contributed by atoms with Crippen molar-refractivity contribution in [2.45, 2.75) is 56.1 Å². The van der Waals surface area contributed by atoms with Crippen LogP contribution in [0.1, 0.15) is 25.8 Å². The van der Waals surface area contributed by atoms with Crippen molar-refractivity contribution < 1.29 is 32.5 Å². The van der Waals surface area contributed by atoms with Crippen LogP contribution in [0.15, 0.2) is 59.5 Å². The molecule has 0 saturated carbocycles. The molecular weight excluding hydrogens is 510 g/mol. The minimum absolute atomic E-state index is 0.000183. The number of benzene rings is 2. The Morgan fingerprint density at radius 3 is 2.53 bits per heavy atom. The number of aliphatic hydroxyl groups is 1. The second kappa shape index (κ2) is 12.4. The van der Waals surface area contributed by atoms with Crippen molar-refractivity contribution in [2.24, 2.45) is 11.8 Å². The molecule has 1 amide bonds. The molecule has 0 bridgehead atoms. The highest BCUT2D eigenvalue weighted by molar-refractivity contribution is 7.89. The molecule has 4 rings (SSSR count). The average molecular weight is 548 g/mol. The van der Waals surface area contributed by atoms with Gasteiger partial charge in [-0.1, -0.05) is 44.2 Å². The van der Waals surface area contributed by atoms with Gasteiger partial charge in [0.05, 0.1) is 36.2 Å². The zero-order valence-electron chi connectivity index (χ0n) is 21.7. The third-order valence-corrected chi connectivity index (χ3v) is 8.63. The van der Waals surface area contributed by atoms with E-state index in [-0.39, 0.29) is 49.1 Å². The number of nitrogen functional groups attached to an aromatic ring is 1. The molecule has 2 aromatic rings. The number of fused-ring (bicyclic) bond motifs is 1. The molecule has 0 aromatic heterocycles. The molecule has 2 fully saturated rings. The first kappa shape index (κ1) is 28.3. The van der Waals surface area contributed by atoms with Crippen LogP contribution in [0.2, 0.25) is 0 Å². The average Bonchev–Trinajstić information content (AvgIpc) is 3.49. The summed E-state index contributed by atoms with van der Waals surface area (Å²) in [5, 5.41) is 14.1. The molecule has 11 heteroatoms. The van der Waals surface area contributed by atoms with E-state index in [1.807, 2.05) is 44.2 Å². The highest BCUT2D eigenvalue weighted by Crippen LogP contribution is 2.33. The maximum absolute atomic E-state index is 13.5. The first-order valence-corrected chi connectivity index (χ1v) is 14.4. The smallest absolute Gasteiger partial charge is 0.407 e. The third-order valence-electron chi connectivity index (χ3n) is 6.79. The number of sulfonamides is 1. The highest BCUT2D eigenvalue weighted by Gasteiger charge is 2.44. The minimum atomic E-state index is -3.93. The first-order valence-electron chi connectivity index (χ1n) is 12.9. The number of aliphatic hydroxyl groups excluding tert-OH is 1. The lowest BCUT2D eigenvalue weighted by molar-refractivity contribution is -0.0907. The number of hydrogen-bond donors (Lipinski definition) is 3. The number of anilines is 1. The number of carbonyl (C=O) groups excluding carboxylic acids is 1. The van der Waals surface area contributed by atoms with E-state index >= 15 is 0 Å². The fourth-order valence-corrected chi connectivity index (χ4v) is 6.45. The number of hydrogen-bond acceptors (Lipinski definition) is 8. The molecule has 2 aliphatic heterocycles. The number of ether oxygens (including phenoxy) is 3. The Bertz CT molecular complexity index is 1160. The van der Waals surface area contributed by atoms with E-state index in [4.69, 9.17) is 19.9 Å². The molecular formula is C27H37N3O7S. The second-order valence-electron chi connectivity index (χ2n) is 10.3. The number of carbonyl (C=O) groups is 1. The van der Waals surface area contributed by atoms with E-state index < -0.39 is 34.4 Å². The van der Waals surface area contributed by atoms with Crippen LogP contribution >= 0.6 is 0 Å². The van der Waals surface area contributed by atoms with Gasteiger partial charge in [0, 0.05) is 18.8 Å². The number of rotatable bonds is 11. The van der Waals surface area contributed by atoms with Crippen LogP contribution in [0.4, 0.5) is 10.5 Å². The fraction of sp³-hybridized carbons (Fsp3) is 0.519. The zero-order valence-corrected chi connectivity index (χ0v) is 22.5. The van der Waals surface area contributed by atoms with E-state index in [2.05, 4.69) is 5.32 Å². The summed E-state index contributed by atoms with van der Waals surface area (Å²) in [5.41, 5.74) is 7.07. The summed E-state index contributed by atoms with van der Waals surface area (Å²) >= 11 is 0. The summed E-state index contributed by atoms with van der Waals surface area (Å²) in [6, 6.07) is 14.5. The largest absolute Gasteiger partial charge is 0.443 e. The Kier molecular flexibility index (Phi) is 9.27. The van der Waals surface area contributed by atoms with Crippen LogP contribution in [0.3, 0.4) is 0 Å². The Labute approximate surface area is 224 Å².